The second-order valence-electron chi connectivity index (χ2n) is 6.49. The van der Waals surface area contributed by atoms with Crippen LogP contribution in [0.5, 0.6) is 0 Å². The number of aromatic amines is 1. The molecule has 7 heteroatoms. The number of anilines is 2. The number of amides is 2. The zero-order chi connectivity index (χ0) is 18.1. The zero-order valence-electron chi connectivity index (χ0n) is 14.6. The Kier molecular flexibility index (Phi) is 4.55. The van der Waals surface area contributed by atoms with Crippen LogP contribution in [-0.4, -0.2) is 48.1 Å². The second kappa shape index (κ2) is 6.99. The van der Waals surface area contributed by atoms with Crippen molar-refractivity contribution in [2.45, 2.75) is 17.1 Å². The topological polar surface area (TPSA) is 66.8 Å². The fraction of sp³-hybridized carbons (Fsp3) is 0.316. The summed E-state index contributed by atoms with van der Waals surface area (Å²) in [5.74, 6) is 1.07. The van der Waals surface area contributed by atoms with Crippen LogP contribution < -0.4 is 15.2 Å². The third-order valence-corrected chi connectivity index (χ3v) is 5.94. The first kappa shape index (κ1) is 16.9. The first-order valence-electron chi connectivity index (χ1n) is 8.74. The quantitative estimate of drug-likeness (QED) is 0.878. The number of pyridine rings is 1. The smallest absolute Gasteiger partial charge is 0.274 e. The van der Waals surface area contributed by atoms with Gasteiger partial charge in [-0.25, -0.2) is 4.98 Å². The van der Waals surface area contributed by atoms with Gasteiger partial charge in [0.2, 0.25) is 5.91 Å². The summed E-state index contributed by atoms with van der Waals surface area (Å²) in [7, 11) is 0. The molecule has 6 nitrogen and oxygen atoms in total. The van der Waals surface area contributed by atoms with E-state index in [4.69, 9.17) is 0 Å². The molecule has 1 fully saturated rings. The number of nitrogens with one attached hydrogen (secondary N) is 2. The van der Waals surface area contributed by atoms with Crippen molar-refractivity contribution in [1.82, 2.24) is 4.90 Å². The van der Waals surface area contributed by atoms with Crippen molar-refractivity contribution >= 4 is 35.1 Å². The Hall–Kier alpha value is -2.54. The van der Waals surface area contributed by atoms with E-state index in [0.29, 0.717) is 18.7 Å². The number of carbonyl (C=O) groups excluding carboxylic acids is 2. The van der Waals surface area contributed by atoms with Crippen molar-refractivity contribution in [2.24, 2.45) is 0 Å². The maximum absolute atomic E-state index is 12.9. The third-order valence-electron chi connectivity index (χ3n) is 4.76. The molecule has 1 atom stereocenters. The molecule has 2 aromatic rings. The Balaban J connectivity index is 1.44. The number of hydrogen-bond donors (Lipinski definition) is 1. The number of carbonyl (C=O) groups is 2. The van der Waals surface area contributed by atoms with E-state index in [9.17, 15) is 9.59 Å². The molecule has 3 heterocycles. The van der Waals surface area contributed by atoms with Gasteiger partial charge in [-0.2, -0.15) is 0 Å². The number of hydrogen-bond acceptors (Lipinski definition) is 4. The molecule has 2 aliphatic rings. The minimum atomic E-state index is -0.105. The monoisotopic (exact) mass is 369 g/mol. The minimum Gasteiger partial charge on any atom is -0.331 e. The maximum atomic E-state index is 12.9. The standard InChI is InChI=1S/C19H20N4O2S/c1-13-18(24)21-15-12-14(5-6-16(15)26-13)19(25)23-10-8-22(9-11-23)17-4-2-3-7-20-17/h2-7,12-13H,8-11H2,1H3,(H,21,24)/p+1/t13-/m1/s1. The number of aromatic nitrogens is 1. The lowest BCUT2D eigenvalue weighted by Crippen LogP contribution is -2.50. The molecule has 2 aliphatic heterocycles. The van der Waals surface area contributed by atoms with Gasteiger partial charge in [-0.3, -0.25) is 14.5 Å². The Labute approximate surface area is 156 Å². The highest BCUT2D eigenvalue weighted by molar-refractivity contribution is 8.00. The normalized spacial score (nSPS) is 19.7. The fourth-order valence-electron chi connectivity index (χ4n) is 3.26. The highest BCUT2D eigenvalue weighted by atomic mass is 32.2. The number of benzene rings is 1. The molecule has 134 valence electrons. The van der Waals surface area contributed by atoms with Gasteiger partial charge in [-0.1, -0.05) is 6.07 Å². The number of fused-ring (bicyclic) bond motifs is 1. The van der Waals surface area contributed by atoms with E-state index < -0.39 is 0 Å². The molecular weight excluding hydrogens is 348 g/mol. The summed E-state index contributed by atoms with van der Waals surface area (Å²) in [6.07, 6.45) is 1.91. The Bertz CT molecular complexity index is 835. The summed E-state index contributed by atoms with van der Waals surface area (Å²) in [5.41, 5.74) is 1.36. The van der Waals surface area contributed by atoms with Gasteiger partial charge in [0.1, 0.15) is 13.1 Å². The van der Waals surface area contributed by atoms with Gasteiger partial charge in [0.15, 0.2) is 0 Å². The van der Waals surface area contributed by atoms with Crippen LogP contribution in [0.2, 0.25) is 0 Å². The molecule has 26 heavy (non-hydrogen) atoms. The molecule has 4 rings (SSSR count). The predicted octanol–water partition coefficient (Wildman–Crippen LogP) is 1.90. The van der Waals surface area contributed by atoms with Crippen LogP contribution in [0.1, 0.15) is 17.3 Å². The average Bonchev–Trinajstić information content (AvgIpc) is 2.69. The molecular formula is C19H21N4O2S+. The fourth-order valence-corrected chi connectivity index (χ4v) is 4.19. The lowest BCUT2D eigenvalue weighted by molar-refractivity contribution is -0.364. The van der Waals surface area contributed by atoms with Crippen LogP contribution in [0.3, 0.4) is 0 Å². The van der Waals surface area contributed by atoms with Crippen molar-refractivity contribution < 1.29 is 14.6 Å². The summed E-state index contributed by atoms with van der Waals surface area (Å²) >= 11 is 1.53. The maximum Gasteiger partial charge on any atom is 0.274 e. The van der Waals surface area contributed by atoms with Crippen LogP contribution in [-0.2, 0) is 4.79 Å². The van der Waals surface area contributed by atoms with Gasteiger partial charge in [-0.05, 0) is 31.2 Å². The van der Waals surface area contributed by atoms with Gasteiger partial charge in [0.05, 0.1) is 30.2 Å². The van der Waals surface area contributed by atoms with Gasteiger partial charge in [0, 0.05) is 16.5 Å². The van der Waals surface area contributed by atoms with E-state index in [-0.39, 0.29) is 17.1 Å². The number of piperazine rings is 1. The average molecular weight is 369 g/mol. The molecule has 1 saturated heterocycles. The van der Waals surface area contributed by atoms with Crippen molar-refractivity contribution in [3.8, 4) is 0 Å². The molecule has 0 radical (unpaired) electrons. The van der Waals surface area contributed by atoms with E-state index >= 15 is 0 Å². The zero-order valence-corrected chi connectivity index (χ0v) is 15.4. The van der Waals surface area contributed by atoms with Gasteiger partial charge < -0.3 is 10.2 Å². The highest BCUT2D eigenvalue weighted by Crippen LogP contribution is 2.36. The van der Waals surface area contributed by atoms with Crippen LogP contribution >= 0.6 is 11.8 Å². The van der Waals surface area contributed by atoms with E-state index in [1.807, 2.05) is 48.4 Å². The van der Waals surface area contributed by atoms with Crippen molar-refractivity contribution in [3.63, 3.8) is 0 Å². The number of H-pyrrole nitrogens is 1. The Morgan fingerprint density at radius 1 is 1.19 bits per heavy atom. The molecule has 1 aromatic heterocycles. The molecule has 0 aliphatic carbocycles. The molecule has 1 aromatic carbocycles. The summed E-state index contributed by atoms with van der Waals surface area (Å²) in [6, 6.07) is 11.6. The van der Waals surface area contributed by atoms with Crippen LogP contribution in [0, 0.1) is 0 Å². The number of rotatable bonds is 2. The second-order valence-corrected chi connectivity index (χ2v) is 7.87. The predicted molar refractivity (Wildman–Crippen MR) is 102 cm³/mol. The SMILES string of the molecule is C[C@H]1Sc2ccc(C(=O)N3CCN(c4cccc[nH+]4)CC3)cc2NC1=O. The number of thioether (sulfide) groups is 1. The van der Waals surface area contributed by atoms with Crippen LogP contribution in [0.15, 0.2) is 47.5 Å². The Morgan fingerprint density at radius 3 is 2.73 bits per heavy atom. The van der Waals surface area contributed by atoms with Crippen LogP contribution in [0.25, 0.3) is 0 Å². The van der Waals surface area contributed by atoms with Crippen molar-refractivity contribution in [2.75, 3.05) is 36.4 Å². The molecule has 2 N–H and O–H groups in total. The van der Waals surface area contributed by atoms with Crippen LogP contribution in [0.4, 0.5) is 11.5 Å². The first-order chi connectivity index (χ1) is 12.6. The highest BCUT2D eigenvalue weighted by Gasteiger charge is 2.28. The molecule has 2 amide bonds. The molecule has 0 spiro atoms. The summed E-state index contributed by atoms with van der Waals surface area (Å²) in [4.78, 5) is 33.1. The van der Waals surface area contributed by atoms with Crippen molar-refractivity contribution in [1.29, 1.82) is 0 Å². The molecule has 0 saturated carbocycles. The Morgan fingerprint density at radius 2 is 2.00 bits per heavy atom. The third kappa shape index (κ3) is 3.26. The van der Waals surface area contributed by atoms with Gasteiger partial charge >= 0.3 is 0 Å². The molecule has 0 unspecified atom stereocenters. The van der Waals surface area contributed by atoms with E-state index in [1.165, 1.54) is 11.8 Å². The molecule has 0 bridgehead atoms. The van der Waals surface area contributed by atoms with E-state index in [2.05, 4.69) is 15.2 Å². The lowest BCUT2D eigenvalue weighted by Gasteiger charge is -2.31. The van der Waals surface area contributed by atoms with E-state index in [0.717, 1.165) is 29.5 Å². The van der Waals surface area contributed by atoms with Gasteiger partial charge in [0.25, 0.3) is 11.7 Å². The largest absolute Gasteiger partial charge is 0.331 e. The van der Waals surface area contributed by atoms with Gasteiger partial charge in [-0.15, -0.1) is 11.8 Å². The van der Waals surface area contributed by atoms with Crippen molar-refractivity contribution in [3.05, 3.63) is 48.2 Å². The summed E-state index contributed by atoms with van der Waals surface area (Å²) in [6.45, 7) is 4.82. The summed E-state index contributed by atoms with van der Waals surface area (Å²) < 4.78 is 0. The number of nitrogens with zero attached hydrogens (tertiary/aromatic N) is 2. The minimum absolute atomic E-state index is 0.0141. The van der Waals surface area contributed by atoms with E-state index in [1.54, 1.807) is 6.07 Å². The first-order valence-corrected chi connectivity index (χ1v) is 9.62. The summed E-state index contributed by atoms with van der Waals surface area (Å²) in [5, 5.41) is 2.79. The lowest BCUT2D eigenvalue weighted by atomic mass is 10.1.